The molecule has 0 aromatic heterocycles. The van der Waals surface area contributed by atoms with Crippen LogP contribution in [0.5, 0.6) is 0 Å². The van der Waals surface area contributed by atoms with E-state index in [0.29, 0.717) is 31.5 Å². The molecule has 0 radical (unpaired) electrons. The third-order valence-electron chi connectivity index (χ3n) is 5.76. The average Bonchev–Trinajstić information content (AvgIpc) is 2.79. The fourth-order valence-electron chi connectivity index (χ4n) is 3.97. The minimum absolute atomic E-state index is 0.0152. The summed E-state index contributed by atoms with van der Waals surface area (Å²) in [4.78, 5) is 11.6. The van der Waals surface area contributed by atoms with Gasteiger partial charge in [0.2, 0.25) is 0 Å². The minimum Gasteiger partial charge on any atom is -0.374 e. The monoisotopic (exact) mass is 489 g/mol. The Morgan fingerprint density at radius 3 is 2.18 bits per heavy atom. The summed E-state index contributed by atoms with van der Waals surface area (Å²) >= 11 is 0. The maximum atomic E-state index is 13.1. The van der Waals surface area contributed by atoms with Crippen molar-refractivity contribution in [3.8, 4) is 0 Å². The summed E-state index contributed by atoms with van der Waals surface area (Å²) < 4.78 is 84.5. The molecule has 34 heavy (non-hydrogen) atoms. The smallest absolute Gasteiger partial charge is 0.374 e. The van der Waals surface area contributed by atoms with Crippen LogP contribution in [0.15, 0.2) is 48.5 Å². The number of carbonyl (C=O) groups excluding carboxylic acids is 1. The molecule has 2 aromatic carbocycles. The van der Waals surface area contributed by atoms with Crippen molar-refractivity contribution < 1.29 is 35.9 Å². The van der Waals surface area contributed by atoms with Gasteiger partial charge in [0, 0.05) is 19.6 Å². The van der Waals surface area contributed by atoms with E-state index in [9.17, 15) is 31.1 Å². The van der Waals surface area contributed by atoms with Gasteiger partial charge >= 0.3 is 18.4 Å². The molecular weight excluding hydrogens is 464 g/mol. The minimum atomic E-state index is -4.92. The molecule has 1 heterocycles. The van der Waals surface area contributed by atoms with E-state index in [1.54, 1.807) is 0 Å². The molecule has 1 saturated heterocycles. The number of amides is 2. The van der Waals surface area contributed by atoms with E-state index in [1.165, 1.54) is 7.05 Å². The van der Waals surface area contributed by atoms with Crippen LogP contribution in [0.25, 0.3) is 0 Å². The zero-order chi connectivity index (χ0) is 25.0. The lowest BCUT2D eigenvalue weighted by atomic mass is 9.81. The Hall–Kier alpha value is -2.79. The number of hydrogen-bond acceptors (Lipinski definition) is 3. The Bertz CT molecular complexity index is 939. The van der Waals surface area contributed by atoms with E-state index in [0.717, 1.165) is 5.56 Å². The van der Waals surface area contributed by atoms with Gasteiger partial charge in [-0.15, -0.1) is 0 Å². The Kier molecular flexibility index (Phi) is 7.77. The van der Waals surface area contributed by atoms with Crippen molar-refractivity contribution >= 4 is 6.03 Å². The highest BCUT2D eigenvalue weighted by atomic mass is 19.4. The third-order valence-corrected chi connectivity index (χ3v) is 5.76. The van der Waals surface area contributed by atoms with Crippen LogP contribution in [0.4, 0.5) is 31.1 Å². The number of hydrogen-bond donors (Lipinski definition) is 3. The average molecular weight is 489 g/mol. The van der Waals surface area contributed by atoms with Gasteiger partial charge in [-0.1, -0.05) is 30.3 Å². The number of halogens is 6. The third kappa shape index (κ3) is 6.41. The molecule has 5 nitrogen and oxygen atoms in total. The summed E-state index contributed by atoms with van der Waals surface area (Å²) in [6.07, 6.45) is -8.71. The second kappa shape index (κ2) is 10.2. The van der Waals surface area contributed by atoms with Crippen LogP contribution in [0.2, 0.25) is 0 Å². The quantitative estimate of drug-likeness (QED) is 0.510. The number of ether oxygens (including phenoxy) is 1. The lowest BCUT2D eigenvalue weighted by Crippen LogP contribution is -2.57. The largest absolute Gasteiger partial charge is 0.416 e. The van der Waals surface area contributed by atoms with E-state index in [1.807, 2.05) is 30.3 Å². The lowest BCUT2D eigenvalue weighted by Gasteiger charge is -2.41. The van der Waals surface area contributed by atoms with Gasteiger partial charge in [-0.3, -0.25) is 0 Å². The second-order valence-corrected chi connectivity index (χ2v) is 8.20. The van der Waals surface area contributed by atoms with E-state index in [4.69, 9.17) is 4.74 Å². The molecule has 0 aliphatic carbocycles. The highest BCUT2D eigenvalue weighted by molar-refractivity contribution is 5.73. The highest BCUT2D eigenvalue weighted by Crippen LogP contribution is 2.37. The number of nitrogens with one attached hydrogen (secondary N) is 3. The zero-order valence-corrected chi connectivity index (χ0v) is 18.3. The fourth-order valence-corrected chi connectivity index (χ4v) is 3.97. The van der Waals surface area contributed by atoms with Gasteiger partial charge in [-0.2, -0.15) is 26.3 Å². The first-order valence-electron chi connectivity index (χ1n) is 10.6. The number of carbonyl (C=O) groups is 1. The first-order chi connectivity index (χ1) is 15.9. The van der Waals surface area contributed by atoms with Crippen molar-refractivity contribution in [2.45, 2.75) is 43.4 Å². The van der Waals surface area contributed by atoms with E-state index < -0.39 is 35.6 Å². The van der Waals surface area contributed by atoms with Crippen molar-refractivity contribution in [2.75, 3.05) is 20.2 Å². The van der Waals surface area contributed by atoms with Crippen molar-refractivity contribution in [1.29, 1.82) is 0 Å². The summed E-state index contributed by atoms with van der Waals surface area (Å²) in [6.45, 7) is -0.00204. The van der Waals surface area contributed by atoms with Gasteiger partial charge in [-0.25, -0.2) is 4.79 Å². The number of benzene rings is 2. The fraction of sp³-hybridized carbons (Fsp3) is 0.435. The molecule has 0 spiro atoms. The SMILES string of the molecule is CNC(=O)N[C@H]1CC[C@@](COCc2cc(C(F)(F)F)cc(C(F)(F)F)c2)(c2ccccc2)NC1. The van der Waals surface area contributed by atoms with Gasteiger partial charge < -0.3 is 20.7 Å². The van der Waals surface area contributed by atoms with Crippen LogP contribution < -0.4 is 16.0 Å². The molecule has 11 heteroatoms. The summed E-state index contributed by atoms with van der Waals surface area (Å²) in [6, 6.07) is 10.2. The summed E-state index contributed by atoms with van der Waals surface area (Å²) in [5, 5.41) is 8.66. The number of urea groups is 1. The lowest BCUT2D eigenvalue weighted by molar-refractivity contribution is -0.143. The van der Waals surface area contributed by atoms with Gasteiger partial charge in [0.1, 0.15) is 0 Å². The number of rotatable bonds is 6. The first kappa shape index (κ1) is 25.8. The van der Waals surface area contributed by atoms with Crippen molar-refractivity contribution in [1.82, 2.24) is 16.0 Å². The predicted molar refractivity (Wildman–Crippen MR) is 113 cm³/mol. The summed E-state index contributed by atoms with van der Waals surface area (Å²) in [7, 11) is 1.51. The van der Waals surface area contributed by atoms with Gasteiger partial charge in [0.05, 0.1) is 29.9 Å². The molecule has 0 unspecified atom stereocenters. The Morgan fingerprint density at radius 1 is 1.06 bits per heavy atom. The molecule has 0 saturated carbocycles. The van der Waals surface area contributed by atoms with Crippen LogP contribution in [0, 0.1) is 0 Å². The highest BCUT2D eigenvalue weighted by Gasteiger charge is 2.38. The topological polar surface area (TPSA) is 62.4 Å². The molecule has 0 bridgehead atoms. The maximum absolute atomic E-state index is 13.1. The van der Waals surface area contributed by atoms with E-state index >= 15 is 0 Å². The number of alkyl halides is 6. The molecule has 3 N–H and O–H groups in total. The van der Waals surface area contributed by atoms with Crippen LogP contribution in [-0.4, -0.2) is 32.3 Å². The molecular formula is C23H25F6N3O2. The van der Waals surface area contributed by atoms with E-state index in [-0.39, 0.29) is 30.3 Å². The summed E-state index contributed by atoms with van der Waals surface area (Å²) in [5.41, 5.74) is -2.82. The van der Waals surface area contributed by atoms with Crippen molar-refractivity contribution in [3.05, 3.63) is 70.8 Å². The molecule has 1 aliphatic heterocycles. The Balaban J connectivity index is 1.76. The predicted octanol–water partition coefficient (Wildman–Crippen LogP) is 4.82. The van der Waals surface area contributed by atoms with E-state index in [2.05, 4.69) is 16.0 Å². The van der Waals surface area contributed by atoms with Crippen LogP contribution in [0.3, 0.4) is 0 Å². The molecule has 3 rings (SSSR count). The van der Waals surface area contributed by atoms with Crippen molar-refractivity contribution in [2.24, 2.45) is 0 Å². The van der Waals surface area contributed by atoms with Crippen LogP contribution in [0.1, 0.15) is 35.1 Å². The maximum Gasteiger partial charge on any atom is 0.416 e. The number of piperidine rings is 1. The molecule has 186 valence electrons. The van der Waals surface area contributed by atoms with Gasteiger partial charge in [-0.05, 0) is 42.2 Å². The molecule has 1 aliphatic rings. The zero-order valence-electron chi connectivity index (χ0n) is 18.3. The molecule has 2 aromatic rings. The first-order valence-corrected chi connectivity index (χ1v) is 10.6. The molecule has 2 atom stereocenters. The van der Waals surface area contributed by atoms with Crippen LogP contribution in [-0.2, 0) is 29.2 Å². The second-order valence-electron chi connectivity index (χ2n) is 8.20. The van der Waals surface area contributed by atoms with Crippen LogP contribution >= 0.6 is 0 Å². The Morgan fingerprint density at radius 2 is 1.68 bits per heavy atom. The normalized spacial score (nSPS) is 21.2. The van der Waals surface area contributed by atoms with Gasteiger partial charge in [0.15, 0.2) is 0 Å². The molecule has 2 amide bonds. The molecule has 1 fully saturated rings. The summed E-state index contributed by atoms with van der Waals surface area (Å²) in [5.74, 6) is 0. The standard InChI is InChI=1S/C23H25F6N3O2/c1-30-20(33)32-19-7-8-21(31-12-19,16-5-3-2-4-6-16)14-34-13-15-9-17(22(24,25)26)11-18(10-15)23(27,28)29/h2-6,9-11,19,31H,7-8,12-14H2,1H3,(H2,30,32,33)/t19-,21+/m0/s1. The van der Waals surface area contributed by atoms with Crippen molar-refractivity contribution in [3.63, 3.8) is 0 Å². The Labute approximate surface area is 192 Å². The van der Waals surface area contributed by atoms with Gasteiger partial charge in [0.25, 0.3) is 0 Å².